The lowest BCUT2D eigenvalue weighted by Crippen LogP contribution is -2.20. The number of nitrogens with zero attached hydrogens (tertiary/aromatic N) is 4. The zero-order chi connectivity index (χ0) is 20.5. The number of aryl methyl sites for hydroxylation is 1. The molecular formula is C25H20N4O. The van der Waals surface area contributed by atoms with Crippen molar-refractivity contribution in [3.63, 3.8) is 0 Å². The summed E-state index contributed by atoms with van der Waals surface area (Å²) >= 11 is 0. The molecule has 0 unspecified atom stereocenters. The van der Waals surface area contributed by atoms with E-state index in [4.69, 9.17) is 4.98 Å². The highest BCUT2D eigenvalue weighted by atomic mass is 16.1. The van der Waals surface area contributed by atoms with Gasteiger partial charge in [0.25, 0.3) is 5.56 Å². The van der Waals surface area contributed by atoms with E-state index < -0.39 is 0 Å². The third kappa shape index (κ3) is 3.01. The molecule has 5 rings (SSSR count). The van der Waals surface area contributed by atoms with Gasteiger partial charge in [0, 0.05) is 34.8 Å². The van der Waals surface area contributed by atoms with Crippen molar-refractivity contribution in [1.29, 1.82) is 0 Å². The summed E-state index contributed by atoms with van der Waals surface area (Å²) in [7, 11) is 0. The van der Waals surface area contributed by atoms with E-state index in [1.165, 1.54) is 4.68 Å². The van der Waals surface area contributed by atoms with Crippen LogP contribution in [0.1, 0.15) is 12.5 Å². The Morgan fingerprint density at radius 2 is 1.60 bits per heavy atom. The monoisotopic (exact) mass is 392 g/mol. The van der Waals surface area contributed by atoms with Crippen molar-refractivity contribution in [1.82, 2.24) is 14.2 Å². The lowest BCUT2D eigenvalue weighted by molar-refractivity contribution is 0.796. The van der Waals surface area contributed by atoms with Gasteiger partial charge in [-0.3, -0.25) is 4.79 Å². The summed E-state index contributed by atoms with van der Waals surface area (Å²) in [6.45, 7) is 2.97. The number of hydrogen-bond acceptors (Lipinski definition) is 3. The molecule has 3 aromatic carbocycles. The fraction of sp³-hybridized carbons (Fsp3) is 0.0800. The Morgan fingerprint density at radius 1 is 0.900 bits per heavy atom. The highest BCUT2D eigenvalue weighted by Gasteiger charge is 2.12. The van der Waals surface area contributed by atoms with Gasteiger partial charge in [0.2, 0.25) is 0 Å². The molecular weight excluding hydrogens is 372 g/mol. The second-order valence-electron chi connectivity index (χ2n) is 7.07. The minimum Gasteiger partial charge on any atom is -0.347 e. The largest absolute Gasteiger partial charge is 0.347 e. The molecule has 0 atom stereocenters. The average molecular weight is 392 g/mol. The lowest BCUT2D eigenvalue weighted by Gasteiger charge is -2.09. The van der Waals surface area contributed by atoms with E-state index in [9.17, 15) is 4.79 Å². The summed E-state index contributed by atoms with van der Waals surface area (Å²) in [6.07, 6.45) is 3.81. The molecule has 0 aliphatic carbocycles. The van der Waals surface area contributed by atoms with Crippen LogP contribution in [0.25, 0.3) is 33.2 Å². The molecule has 0 bridgehead atoms. The van der Waals surface area contributed by atoms with Gasteiger partial charge in [-0.05, 0) is 25.1 Å². The van der Waals surface area contributed by atoms with E-state index in [-0.39, 0.29) is 5.56 Å². The van der Waals surface area contributed by atoms with Crippen molar-refractivity contribution >= 4 is 28.0 Å². The number of aromatic nitrogens is 3. The minimum absolute atomic E-state index is 0.185. The van der Waals surface area contributed by atoms with Crippen LogP contribution in [-0.4, -0.2) is 20.4 Å². The van der Waals surface area contributed by atoms with Crippen molar-refractivity contribution in [3.05, 3.63) is 101 Å². The summed E-state index contributed by atoms with van der Waals surface area (Å²) in [6, 6.07) is 25.2. The normalized spacial score (nSPS) is 11.6. The second kappa shape index (κ2) is 7.44. The first-order valence-electron chi connectivity index (χ1n) is 9.95. The van der Waals surface area contributed by atoms with Crippen LogP contribution in [-0.2, 0) is 6.54 Å². The fourth-order valence-electron chi connectivity index (χ4n) is 3.76. The molecule has 0 spiro atoms. The molecule has 0 saturated carbocycles. The molecule has 2 heterocycles. The summed E-state index contributed by atoms with van der Waals surface area (Å²) in [5.74, 6) is 0.523. The van der Waals surface area contributed by atoms with E-state index >= 15 is 0 Å². The van der Waals surface area contributed by atoms with E-state index in [0.29, 0.717) is 16.7 Å². The quantitative estimate of drug-likeness (QED) is 0.408. The SMILES string of the molecule is CCn1cc(C=Nn2c(-c3ccccc3)nc3ccccc3c2=O)c2ccccc21. The zero-order valence-corrected chi connectivity index (χ0v) is 16.6. The molecule has 0 aliphatic heterocycles. The Labute approximate surface area is 173 Å². The Hall–Kier alpha value is -3.99. The summed E-state index contributed by atoms with van der Waals surface area (Å²) in [4.78, 5) is 18.0. The molecule has 0 saturated heterocycles. The smallest absolute Gasteiger partial charge is 0.282 e. The van der Waals surface area contributed by atoms with Crippen LogP contribution >= 0.6 is 0 Å². The standard InChI is InChI=1S/C25H20N4O/c1-2-28-17-19(20-12-7-9-15-23(20)28)16-26-29-24(18-10-4-3-5-11-18)27-22-14-8-6-13-21(22)25(29)30/h3-17H,2H2,1H3. The first-order valence-corrected chi connectivity index (χ1v) is 9.95. The molecule has 0 amide bonds. The van der Waals surface area contributed by atoms with Crippen molar-refractivity contribution in [2.75, 3.05) is 0 Å². The van der Waals surface area contributed by atoms with E-state index in [1.54, 1.807) is 12.3 Å². The van der Waals surface area contributed by atoms with Gasteiger partial charge >= 0.3 is 0 Å². The Bertz CT molecular complexity index is 1450. The molecule has 2 aromatic heterocycles. The van der Waals surface area contributed by atoms with Gasteiger partial charge < -0.3 is 4.57 Å². The average Bonchev–Trinajstić information content (AvgIpc) is 3.17. The van der Waals surface area contributed by atoms with Gasteiger partial charge in [0.1, 0.15) is 0 Å². The van der Waals surface area contributed by atoms with Gasteiger partial charge in [-0.15, -0.1) is 0 Å². The van der Waals surface area contributed by atoms with Crippen molar-refractivity contribution in [2.24, 2.45) is 5.10 Å². The summed E-state index contributed by atoms with van der Waals surface area (Å²) < 4.78 is 3.58. The van der Waals surface area contributed by atoms with Crippen LogP contribution in [0.15, 0.2) is 95.0 Å². The first kappa shape index (κ1) is 18.1. The molecule has 0 N–H and O–H groups in total. The van der Waals surface area contributed by atoms with Crippen LogP contribution in [0.5, 0.6) is 0 Å². The highest BCUT2D eigenvalue weighted by molar-refractivity contribution is 5.99. The summed E-state index contributed by atoms with van der Waals surface area (Å²) in [5.41, 5.74) is 3.43. The molecule has 30 heavy (non-hydrogen) atoms. The van der Waals surface area contributed by atoms with E-state index in [2.05, 4.69) is 34.9 Å². The van der Waals surface area contributed by atoms with Gasteiger partial charge in [-0.1, -0.05) is 60.7 Å². The molecule has 0 radical (unpaired) electrons. The third-order valence-corrected chi connectivity index (χ3v) is 5.26. The molecule has 5 aromatic rings. The highest BCUT2D eigenvalue weighted by Crippen LogP contribution is 2.21. The number of hydrogen-bond donors (Lipinski definition) is 0. The van der Waals surface area contributed by atoms with E-state index in [0.717, 1.165) is 28.6 Å². The van der Waals surface area contributed by atoms with E-state index in [1.807, 2.05) is 60.7 Å². The zero-order valence-electron chi connectivity index (χ0n) is 16.6. The second-order valence-corrected chi connectivity index (χ2v) is 7.07. The van der Waals surface area contributed by atoms with Crippen molar-refractivity contribution in [3.8, 4) is 11.4 Å². The number of benzene rings is 3. The predicted molar refractivity (Wildman–Crippen MR) is 122 cm³/mol. The van der Waals surface area contributed by atoms with Crippen LogP contribution in [0.4, 0.5) is 0 Å². The fourth-order valence-corrected chi connectivity index (χ4v) is 3.76. The molecule has 0 aliphatic rings. The van der Waals surface area contributed by atoms with Crippen LogP contribution < -0.4 is 5.56 Å². The number of para-hydroxylation sites is 2. The predicted octanol–water partition coefficient (Wildman–Crippen LogP) is 4.92. The maximum absolute atomic E-state index is 13.3. The Morgan fingerprint density at radius 3 is 2.40 bits per heavy atom. The van der Waals surface area contributed by atoms with Gasteiger partial charge in [0.05, 0.1) is 17.1 Å². The topological polar surface area (TPSA) is 52.2 Å². The van der Waals surface area contributed by atoms with Gasteiger partial charge in [-0.2, -0.15) is 9.78 Å². The van der Waals surface area contributed by atoms with Crippen LogP contribution in [0.2, 0.25) is 0 Å². The van der Waals surface area contributed by atoms with Crippen LogP contribution in [0, 0.1) is 0 Å². The van der Waals surface area contributed by atoms with Crippen molar-refractivity contribution in [2.45, 2.75) is 13.5 Å². The van der Waals surface area contributed by atoms with Gasteiger partial charge in [0.15, 0.2) is 5.82 Å². The maximum Gasteiger partial charge on any atom is 0.282 e. The van der Waals surface area contributed by atoms with Crippen LogP contribution in [0.3, 0.4) is 0 Å². The number of rotatable bonds is 4. The number of fused-ring (bicyclic) bond motifs is 2. The Balaban J connectivity index is 1.73. The molecule has 146 valence electrons. The van der Waals surface area contributed by atoms with Crippen molar-refractivity contribution < 1.29 is 0 Å². The molecule has 0 fully saturated rings. The maximum atomic E-state index is 13.3. The Kier molecular flexibility index (Phi) is 4.48. The minimum atomic E-state index is -0.185. The molecule has 5 nitrogen and oxygen atoms in total. The lowest BCUT2D eigenvalue weighted by atomic mass is 10.2. The summed E-state index contributed by atoms with van der Waals surface area (Å²) in [5, 5.41) is 6.25. The third-order valence-electron chi connectivity index (χ3n) is 5.26. The van der Waals surface area contributed by atoms with Gasteiger partial charge in [-0.25, -0.2) is 4.98 Å². The molecule has 5 heteroatoms. The first-order chi connectivity index (χ1) is 14.8.